The van der Waals surface area contributed by atoms with Crippen molar-refractivity contribution in [3.63, 3.8) is 0 Å². The number of carbonyl (C=O) groups is 1. The summed E-state index contributed by atoms with van der Waals surface area (Å²) >= 11 is 8.20. The lowest BCUT2D eigenvalue weighted by Crippen LogP contribution is -2.23. The van der Waals surface area contributed by atoms with E-state index in [9.17, 15) is 18.0 Å². The molecule has 8 heteroatoms. The van der Waals surface area contributed by atoms with Crippen LogP contribution in [0.25, 0.3) is 0 Å². The second-order valence-corrected chi connectivity index (χ2v) is 9.06. The normalized spacial score (nSPS) is 15.1. The van der Waals surface area contributed by atoms with Gasteiger partial charge in [0.1, 0.15) is 0 Å². The third kappa shape index (κ3) is 3.90. The average Bonchev–Trinajstić information content (AvgIpc) is 1.79. The molecule has 2 nitrogen and oxygen atoms in total. The number of carboxylic acids is 1. The fourth-order valence-electron chi connectivity index (χ4n) is 0.636. The van der Waals surface area contributed by atoms with Crippen molar-refractivity contribution in [2.45, 2.75) is 15.2 Å². The molecule has 0 aliphatic carbocycles. The molecule has 0 saturated carbocycles. The number of rotatable bonds is 1. The molecule has 82 valence electrons. The van der Waals surface area contributed by atoms with Gasteiger partial charge >= 0.3 is 12.1 Å². The highest BCUT2D eigenvalue weighted by molar-refractivity contribution is 9.39. The number of aliphatic carboxylic acids is 1. The van der Waals surface area contributed by atoms with Crippen molar-refractivity contribution in [2.24, 2.45) is 0 Å². The Morgan fingerprint density at radius 2 is 1.57 bits per heavy atom. The van der Waals surface area contributed by atoms with E-state index in [1.807, 2.05) is 0 Å². The largest absolute Gasteiger partial charge is 0.478 e. The molecule has 0 spiro atoms. The molecule has 0 unspecified atom stereocenters. The van der Waals surface area contributed by atoms with Gasteiger partial charge in [-0.15, -0.1) is 0 Å². The number of hydrogen-bond donors (Lipinski definition) is 1. The lowest BCUT2D eigenvalue weighted by molar-refractivity contribution is -0.134. The topological polar surface area (TPSA) is 37.3 Å². The Hall–Kier alpha value is 0.440. The van der Waals surface area contributed by atoms with E-state index in [4.69, 9.17) is 5.11 Å². The summed E-state index contributed by atoms with van der Waals surface area (Å²) in [6.45, 7) is 0.696. The smallest absolute Gasteiger partial charge is 0.413 e. The summed E-state index contributed by atoms with van der Waals surface area (Å²) in [6.07, 6.45) is -4.67. The molecule has 0 fully saturated rings. The predicted molar refractivity (Wildman–Crippen MR) is 55.9 cm³/mol. The Labute approximate surface area is 103 Å². The average molecular weight is 405 g/mol. The van der Waals surface area contributed by atoms with Crippen LogP contribution in [0.5, 0.6) is 0 Å². The maximum atomic E-state index is 12.2. The highest BCUT2D eigenvalue weighted by Gasteiger charge is 2.41. The molecule has 0 atom stereocenters. The van der Waals surface area contributed by atoms with Gasteiger partial charge in [-0.25, -0.2) is 4.79 Å². The summed E-state index contributed by atoms with van der Waals surface area (Å²) in [5.74, 6) is -1.66. The van der Waals surface area contributed by atoms with Gasteiger partial charge in [0.15, 0.2) is 2.14 Å². The van der Waals surface area contributed by atoms with E-state index in [2.05, 4.69) is 47.8 Å². The van der Waals surface area contributed by atoms with Crippen molar-refractivity contribution in [2.75, 3.05) is 0 Å². The van der Waals surface area contributed by atoms with Gasteiger partial charge in [0, 0.05) is 5.57 Å². The molecule has 0 aromatic carbocycles. The van der Waals surface area contributed by atoms with Crippen molar-refractivity contribution < 1.29 is 23.1 Å². The van der Waals surface area contributed by atoms with Crippen LogP contribution in [0.1, 0.15) is 6.92 Å². The first kappa shape index (κ1) is 14.4. The molecule has 0 aromatic heterocycles. The minimum atomic E-state index is -4.67. The Bertz CT molecular complexity index is 277. The van der Waals surface area contributed by atoms with E-state index in [-0.39, 0.29) is 0 Å². The molecule has 14 heavy (non-hydrogen) atoms. The minimum absolute atomic E-state index is 0.696. The maximum absolute atomic E-state index is 12.2. The summed E-state index contributed by atoms with van der Waals surface area (Å²) in [5.41, 5.74) is -2.03. The summed E-state index contributed by atoms with van der Waals surface area (Å²) in [7, 11) is 0. The third-order valence-electron chi connectivity index (χ3n) is 1.30. The Kier molecular flexibility index (Phi) is 4.67. The molecule has 0 heterocycles. The van der Waals surface area contributed by atoms with Crippen LogP contribution in [0.15, 0.2) is 11.1 Å². The third-order valence-corrected chi connectivity index (χ3v) is 2.49. The molecule has 0 rings (SSSR count). The summed E-state index contributed by atoms with van der Waals surface area (Å²) in [5, 5.41) is 8.59. The van der Waals surface area contributed by atoms with E-state index in [0.29, 0.717) is 6.92 Å². The zero-order valence-electron chi connectivity index (χ0n) is 6.62. The van der Waals surface area contributed by atoms with Crippen LogP contribution < -0.4 is 0 Å². The van der Waals surface area contributed by atoms with Crippen molar-refractivity contribution in [1.29, 1.82) is 0 Å². The van der Waals surface area contributed by atoms with Crippen LogP contribution in [-0.2, 0) is 4.79 Å². The quantitative estimate of drug-likeness (QED) is 0.533. The molecule has 0 radical (unpaired) electrons. The molecule has 0 saturated heterocycles. The molecular weight excluding hydrogens is 401 g/mol. The van der Waals surface area contributed by atoms with Gasteiger partial charge in [-0.1, -0.05) is 47.8 Å². The maximum Gasteiger partial charge on any atom is 0.413 e. The first-order valence-electron chi connectivity index (χ1n) is 3.06. The SMILES string of the molecule is C/C(=C(/C(=O)O)C(Br)(Br)Br)C(F)(F)F. The Balaban J connectivity index is 5.53. The molecule has 0 amide bonds. The molecule has 0 aromatic rings. The van der Waals surface area contributed by atoms with E-state index >= 15 is 0 Å². The monoisotopic (exact) mass is 402 g/mol. The van der Waals surface area contributed by atoms with Crippen LogP contribution in [-0.4, -0.2) is 19.4 Å². The highest BCUT2D eigenvalue weighted by Crippen LogP contribution is 2.45. The Morgan fingerprint density at radius 1 is 1.21 bits per heavy atom. The fourth-order valence-corrected chi connectivity index (χ4v) is 2.04. The van der Waals surface area contributed by atoms with E-state index < -0.39 is 25.4 Å². The van der Waals surface area contributed by atoms with Crippen molar-refractivity contribution >= 4 is 53.8 Å². The van der Waals surface area contributed by atoms with E-state index in [0.717, 1.165) is 0 Å². The van der Waals surface area contributed by atoms with Gasteiger partial charge in [-0.3, -0.25) is 0 Å². The Morgan fingerprint density at radius 3 is 1.64 bits per heavy atom. The summed E-state index contributed by atoms with van der Waals surface area (Å²) in [4.78, 5) is 10.6. The number of halogens is 6. The van der Waals surface area contributed by atoms with Crippen molar-refractivity contribution in [1.82, 2.24) is 0 Å². The van der Waals surface area contributed by atoms with Gasteiger partial charge in [-0.2, -0.15) is 13.2 Å². The second-order valence-electron chi connectivity index (χ2n) is 2.30. The standard InChI is InChI=1S/C6H4Br3F3O2/c1-2(6(10,11)12)3(4(13)14)5(7,8)9/h1H3,(H,13,14)/b3-2+. The van der Waals surface area contributed by atoms with Gasteiger partial charge in [0.2, 0.25) is 0 Å². The zero-order valence-corrected chi connectivity index (χ0v) is 11.4. The summed E-state index contributed by atoms with van der Waals surface area (Å²) < 4.78 is 35.0. The van der Waals surface area contributed by atoms with Gasteiger partial charge < -0.3 is 5.11 Å². The van der Waals surface area contributed by atoms with E-state index in [1.165, 1.54) is 0 Å². The number of carboxylic acid groups (broad SMARTS) is 1. The number of hydrogen-bond acceptors (Lipinski definition) is 1. The second kappa shape index (κ2) is 4.52. The lowest BCUT2D eigenvalue weighted by Gasteiger charge is -2.18. The zero-order chi connectivity index (χ0) is 11.7. The molecule has 0 bridgehead atoms. The van der Waals surface area contributed by atoms with Crippen molar-refractivity contribution in [3.8, 4) is 0 Å². The lowest BCUT2D eigenvalue weighted by atomic mass is 10.1. The number of allylic oxidation sites excluding steroid dienone is 1. The van der Waals surface area contributed by atoms with Crippen LogP contribution in [0, 0.1) is 0 Å². The molecule has 1 N–H and O–H groups in total. The molecule has 0 aliphatic rings. The molecular formula is C6H4Br3F3O2. The van der Waals surface area contributed by atoms with E-state index in [1.54, 1.807) is 0 Å². The minimum Gasteiger partial charge on any atom is -0.478 e. The number of alkyl halides is 6. The first-order chi connectivity index (χ1) is 5.98. The summed E-state index contributed by atoms with van der Waals surface area (Å²) in [6, 6.07) is 0. The van der Waals surface area contributed by atoms with Crippen LogP contribution in [0.4, 0.5) is 13.2 Å². The van der Waals surface area contributed by atoms with Crippen LogP contribution in [0.3, 0.4) is 0 Å². The van der Waals surface area contributed by atoms with Crippen molar-refractivity contribution in [3.05, 3.63) is 11.1 Å². The highest BCUT2D eigenvalue weighted by atomic mass is 80.0. The molecule has 0 aliphatic heterocycles. The predicted octanol–water partition coefficient (Wildman–Crippen LogP) is 3.79. The first-order valence-corrected chi connectivity index (χ1v) is 5.44. The van der Waals surface area contributed by atoms with Gasteiger partial charge in [0.05, 0.1) is 5.57 Å². The van der Waals surface area contributed by atoms with Gasteiger partial charge in [-0.05, 0) is 6.92 Å². The fraction of sp³-hybridized carbons (Fsp3) is 0.500. The van der Waals surface area contributed by atoms with Crippen LogP contribution >= 0.6 is 47.8 Å². The van der Waals surface area contributed by atoms with Crippen LogP contribution in [0.2, 0.25) is 0 Å². The van der Waals surface area contributed by atoms with Gasteiger partial charge in [0.25, 0.3) is 0 Å².